The van der Waals surface area contributed by atoms with Gasteiger partial charge in [0.2, 0.25) is 5.91 Å². The summed E-state index contributed by atoms with van der Waals surface area (Å²) in [7, 11) is 1.52. The summed E-state index contributed by atoms with van der Waals surface area (Å²) in [5, 5.41) is 14.0. The number of benzene rings is 1. The van der Waals surface area contributed by atoms with E-state index in [2.05, 4.69) is 41.4 Å². The van der Waals surface area contributed by atoms with Crippen LogP contribution in [-0.4, -0.2) is 34.1 Å². The van der Waals surface area contributed by atoms with E-state index < -0.39 is 18.1 Å². The summed E-state index contributed by atoms with van der Waals surface area (Å²) < 4.78 is 0. The van der Waals surface area contributed by atoms with Crippen LogP contribution in [0, 0.1) is 5.92 Å². The second kappa shape index (κ2) is 6.51. The molecule has 0 aliphatic rings. The third-order valence-corrected chi connectivity index (χ3v) is 4.10. The second-order valence-electron chi connectivity index (χ2n) is 6.93. The molecule has 1 aromatic carbocycles. The molecular formula is C17H24N4O3. The SMILES string of the molecule is CNC(=O)[C@H](C)[C@H](NC(=O)O)c1nc2ccc(C(C)(C)C)cc2[nH]1. The van der Waals surface area contributed by atoms with Crippen molar-refractivity contribution in [2.24, 2.45) is 5.92 Å². The molecule has 2 aromatic rings. The highest BCUT2D eigenvalue weighted by Gasteiger charge is 2.29. The minimum absolute atomic E-state index is 0.00638. The van der Waals surface area contributed by atoms with Crippen LogP contribution in [0.25, 0.3) is 11.0 Å². The molecule has 0 aliphatic heterocycles. The van der Waals surface area contributed by atoms with Crippen LogP contribution in [0.1, 0.15) is 45.1 Å². The molecule has 0 saturated carbocycles. The van der Waals surface area contributed by atoms with Gasteiger partial charge in [0.1, 0.15) is 11.9 Å². The number of aromatic amines is 1. The molecule has 1 aromatic heterocycles. The number of carboxylic acid groups (broad SMARTS) is 1. The maximum Gasteiger partial charge on any atom is 0.405 e. The highest BCUT2D eigenvalue weighted by Crippen LogP contribution is 2.27. The Kier molecular flexibility index (Phi) is 4.82. The fourth-order valence-electron chi connectivity index (χ4n) is 2.59. The minimum Gasteiger partial charge on any atom is -0.465 e. The van der Waals surface area contributed by atoms with Gasteiger partial charge in [0.25, 0.3) is 0 Å². The van der Waals surface area contributed by atoms with Crippen LogP contribution in [-0.2, 0) is 10.2 Å². The van der Waals surface area contributed by atoms with E-state index in [4.69, 9.17) is 5.11 Å². The zero-order valence-electron chi connectivity index (χ0n) is 14.6. The number of nitrogens with zero attached hydrogens (tertiary/aromatic N) is 1. The van der Waals surface area contributed by atoms with Gasteiger partial charge in [-0.3, -0.25) is 4.79 Å². The predicted octanol–water partition coefficient (Wildman–Crippen LogP) is 2.55. The lowest BCUT2D eigenvalue weighted by Crippen LogP contribution is -2.39. The Morgan fingerprint density at radius 1 is 1.29 bits per heavy atom. The first-order valence-electron chi connectivity index (χ1n) is 7.84. The molecular weight excluding hydrogens is 308 g/mol. The molecule has 0 aliphatic carbocycles. The van der Waals surface area contributed by atoms with Crippen molar-refractivity contribution in [3.05, 3.63) is 29.6 Å². The number of fused-ring (bicyclic) bond motifs is 1. The molecule has 0 bridgehead atoms. The third-order valence-electron chi connectivity index (χ3n) is 4.10. The van der Waals surface area contributed by atoms with Gasteiger partial charge in [-0.1, -0.05) is 33.8 Å². The summed E-state index contributed by atoms with van der Waals surface area (Å²) in [4.78, 5) is 30.7. The number of amides is 2. The Morgan fingerprint density at radius 2 is 1.96 bits per heavy atom. The first kappa shape index (κ1) is 17.8. The van der Waals surface area contributed by atoms with Crippen LogP contribution in [0.4, 0.5) is 4.79 Å². The number of aromatic nitrogens is 2. The standard InChI is InChI=1S/C17H24N4O3/c1-9(15(22)18-5)13(21-16(23)24)14-19-11-7-6-10(17(2,3)4)8-12(11)20-14/h6-9,13,21H,1-5H3,(H,18,22)(H,19,20)(H,23,24)/t9-,13+/m1/s1. The zero-order valence-corrected chi connectivity index (χ0v) is 14.6. The zero-order chi connectivity index (χ0) is 18.1. The second-order valence-corrected chi connectivity index (χ2v) is 6.93. The van der Waals surface area contributed by atoms with Crippen molar-refractivity contribution >= 4 is 23.0 Å². The van der Waals surface area contributed by atoms with E-state index in [0.29, 0.717) is 5.82 Å². The average Bonchev–Trinajstić information content (AvgIpc) is 2.92. The molecule has 7 heteroatoms. The number of carbonyl (C=O) groups excluding carboxylic acids is 1. The summed E-state index contributed by atoms with van der Waals surface area (Å²) in [6.07, 6.45) is -1.20. The topological polar surface area (TPSA) is 107 Å². The van der Waals surface area contributed by atoms with Crippen LogP contribution < -0.4 is 10.6 Å². The van der Waals surface area contributed by atoms with Gasteiger partial charge in [-0.2, -0.15) is 0 Å². The van der Waals surface area contributed by atoms with Gasteiger partial charge in [0, 0.05) is 7.05 Å². The monoisotopic (exact) mass is 332 g/mol. The fourth-order valence-corrected chi connectivity index (χ4v) is 2.59. The number of nitrogens with one attached hydrogen (secondary N) is 3. The summed E-state index contributed by atoms with van der Waals surface area (Å²) in [5.41, 5.74) is 2.69. The van der Waals surface area contributed by atoms with Crippen molar-refractivity contribution in [3.8, 4) is 0 Å². The molecule has 1 heterocycles. The van der Waals surface area contributed by atoms with E-state index in [9.17, 15) is 9.59 Å². The summed E-state index contributed by atoms with van der Waals surface area (Å²) in [6, 6.07) is 5.16. The van der Waals surface area contributed by atoms with Crippen LogP contribution in [0.2, 0.25) is 0 Å². The van der Waals surface area contributed by atoms with Crippen LogP contribution in [0.5, 0.6) is 0 Å². The van der Waals surface area contributed by atoms with Crippen molar-refractivity contribution < 1.29 is 14.7 Å². The van der Waals surface area contributed by atoms with E-state index in [-0.39, 0.29) is 11.3 Å². The van der Waals surface area contributed by atoms with Crippen molar-refractivity contribution in [2.75, 3.05) is 7.05 Å². The van der Waals surface area contributed by atoms with E-state index in [1.54, 1.807) is 6.92 Å². The number of hydrogen-bond acceptors (Lipinski definition) is 3. The Balaban J connectivity index is 2.46. The molecule has 0 radical (unpaired) electrons. The maximum atomic E-state index is 11.9. The van der Waals surface area contributed by atoms with Crippen molar-refractivity contribution in [1.82, 2.24) is 20.6 Å². The van der Waals surface area contributed by atoms with Crippen molar-refractivity contribution in [1.29, 1.82) is 0 Å². The smallest absolute Gasteiger partial charge is 0.405 e. The lowest BCUT2D eigenvalue weighted by molar-refractivity contribution is -0.124. The Hall–Kier alpha value is -2.57. The maximum absolute atomic E-state index is 11.9. The first-order chi connectivity index (χ1) is 11.1. The lowest BCUT2D eigenvalue weighted by Gasteiger charge is -2.20. The number of rotatable bonds is 4. The van der Waals surface area contributed by atoms with E-state index in [0.717, 1.165) is 16.6 Å². The number of hydrogen-bond donors (Lipinski definition) is 4. The Labute approximate surface area is 140 Å². The molecule has 4 N–H and O–H groups in total. The van der Waals surface area contributed by atoms with Crippen molar-refractivity contribution in [3.63, 3.8) is 0 Å². The first-order valence-corrected chi connectivity index (χ1v) is 7.84. The van der Waals surface area contributed by atoms with Gasteiger partial charge < -0.3 is 20.7 Å². The number of H-pyrrole nitrogens is 1. The fraction of sp³-hybridized carbons (Fsp3) is 0.471. The molecule has 0 spiro atoms. The highest BCUT2D eigenvalue weighted by molar-refractivity contribution is 5.80. The molecule has 24 heavy (non-hydrogen) atoms. The summed E-state index contributed by atoms with van der Waals surface area (Å²) in [6.45, 7) is 8.02. The van der Waals surface area contributed by atoms with Crippen molar-refractivity contribution in [2.45, 2.75) is 39.2 Å². The largest absolute Gasteiger partial charge is 0.465 e. The molecule has 0 saturated heterocycles. The molecule has 130 valence electrons. The van der Waals surface area contributed by atoms with Gasteiger partial charge in [-0.15, -0.1) is 0 Å². The quantitative estimate of drug-likeness (QED) is 0.690. The minimum atomic E-state index is -1.20. The van der Waals surface area contributed by atoms with E-state index >= 15 is 0 Å². The van der Waals surface area contributed by atoms with Gasteiger partial charge in [-0.25, -0.2) is 9.78 Å². The molecule has 2 atom stereocenters. The molecule has 0 unspecified atom stereocenters. The Bertz CT molecular complexity index is 761. The molecule has 2 amide bonds. The molecule has 2 rings (SSSR count). The Morgan fingerprint density at radius 3 is 2.50 bits per heavy atom. The number of carbonyl (C=O) groups is 2. The number of imidazole rings is 1. The summed E-state index contributed by atoms with van der Waals surface area (Å²) in [5.74, 6) is -0.437. The third kappa shape index (κ3) is 3.67. The summed E-state index contributed by atoms with van der Waals surface area (Å²) >= 11 is 0. The molecule has 0 fully saturated rings. The predicted molar refractivity (Wildman–Crippen MR) is 91.9 cm³/mol. The van der Waals surface area contributed by atoms with Crippen LogP contribution >= 0.6 is 0 Å². The van der Waals surface area contributed by atoms with E-state index in [1.165, 1.54) is 7.05 Å². The van der Waals surface area contributed by atoms with Crippen LogP contribution in [0.15, 0.2) is 18.2 Å². The van der Waals surface area contributed by atoms with Gasteiger partial charge in [0.05, 0.1) is 17.0 Å². The van der Waals surface area contributed by atoms with Gasteiger partial charge >= 0.3 is 6.09 Å². The van der Waals surface area contributed by atoms with Gasteiger partial charge in [0.15, 0.2) is 0 Å². The molecule has 7 nitrogen and oxygen atoms in total. The normalized spacial score (nSPS) is 14.2. The van der Waals surface area contributed by atoms with Gasteiger partial charge in [-0.05, 0) is 23.1 Å². The highest BCUT2D eigenvalue weighted by atomic mass is 16.4. The average molecular weight is 332 g/mol. The van der Waals surface area contributed by atoms with Crippen LogP contribution in [0.3, 0.4) is 0 Å². The lowest BCUT2D eigenvalue weighted by atomic mass is 9.87. The van der Waals surface area contributed by atoms with E-state index in [1.807, 2.05) is 18.2 Å².